The predicted octanol–water partition coefficient (Wildman–Crippen LogP) is 2.92. The van der Waals surface area contributed by atoms with Crippen LogP contribution in [0.25, 0.3) is 0 Å². The zero-order valence-electron chi connectivity index (χ0n) is 9.75. The van der Waals surface area contributed by atoms with E-state index in [1.165, 1.54) is 13.0 Å². The molecule has 1 aromatic rings. The summed E-state index contributed by atoms with van der Waals surface area (Å²) >= 11 is 0. The lowest BCUT2D eigenvalue weighted by Gasteiger charge is -2.18. The Morgan fingerprint density at radius 1 is 1.17 bits per heavy atom. The van der Waals surface area contributed by atoms with Gasteiger partial charge in [-0.15, -0.1) is 0 Å². The lowest BCUT2D eigenvalue weighted by Crippen LogP contribution is -2.10. The summed E-state index contributed by atoms with van der Waals surface area (Å²) in [5, 5.41) is 9.55. The summed E-state index contributed by atoms with van der Waals surface area (Å²) in [4.78, 5) is 0. The van der Waals surface area contributed by atoms with E-state index in [-0.39, 0.29) is 24.7 Å². The van der Waals surface area contributed by atoms with Crippen molar-refractivity contribution in [3.63, 3.8) is 0 Å². The Bertz CT molecular complexity index is 441. The molecule has 100 valence electrons. The number of aliphatic hydroxyl groups is 1. The van der Waals surface area contributed by atoms with Crippen LogP contribution < -0.4 is 9.47 Å². The Hall–Kier alpha value is -1.43. The highest BCUT2D eigenvalue weighted by Gasteiger charge is 2.37. The Balaban J connectivity index is 2.60. The van der Waals surface area contributed by atoms with E-state index in [9.17, 15) is 18.3 Å². The van der Waals surface area contributed by atoms with Crippen LogP contribution in [0.4, 0.5) is 13.2 Å². The second-order valence-electron chi connectivity index (χ2n) is 4.08. The van der Waals surface area contributed by atoms with Gasteiger partial charge in [-0.3, -0.25) is 0 Å². The number of halogens is 3. The van der Waals surface area contributed by atoms with E-state index in [1.807, 2.05) is 0 Å². The first-order valence-electron chi connectivity index (χ1n) is 5.59. The van der Waals surface area contributed by atoms with Gasteiger partial charge in [0.15, 0.2) is 11.5 Å². The second kappa shape index (κ2) is 4.68. The van der Waals surface area contributed by atoms with Crippen molar-refractivity contribution < 1.29 is 27.8 Å². The molecule has 1 aliphatic rings. The van der Waals surface area contributed by atoms with Gasteiger partial charge in [0.2, 0.25) is 0 Å². The molecule has 1 heterocycles. The highest BCUT2D eigenvalue weighted by Crippen LogP contribution is 2.45. The van der Waals surface area contributed by atoms with Gasteiger partial charge >= 0.3 is 6.18 Å². The van der Waals surface area contributed by atoms with E-state index < -0.39 is 17.8 Å². The maximum absolute atomic E-state index is 12.8. The molecule has 0 aromatic heterocycles. The van der Waals surface area contributed by atoms with Crippen LogP contribution in [0.15, 0.2) is 12.1 Å². The molecule has 1 atom stereocenters. The molecule has 0 saturated carbocycles. The minimum Gasteiger partial charge on any atom is -0.489 e. The van der Waals surface area contributed by atoms with Crippen LogP contribution in [-0.4, -0.2) is 18.3 Å². The SMILES string of the molecule is CC(O)c1ccc(C(F)(F)F)c2c1OCCCO2. The molecule has 0 bridgehead atoms. The Kier molecular flexibility index (Phi) is 3.38. The third-order valence-corrected chi connectivity index (χ3v) is 2.68. The van der Waals surface area contributed by atoms with E-state index in [4.69, 9.17) is 9.47 Å². The van der Waals surface area contributed by atoms with Crippen molar-refractivity contribution in [1.29, 1.82) is 0 Å². The van der Waals surface area contributed by atoms with Gasteiger partial charge in [0.1, 0.15) is 5.56 Å². The smallest absolute Gasteiger partial charge is 0.420 e. The highest BCUT2D eigenvalue weighted by molar-refractivity contribution is 5.54. The number of aliphatic hydroxyl groups excluding tert-OH is 1. The average molecular weight is 262 g/mol. The van der Waals surface area contributed by atoms with Gasteiger partial charge in [-0.25, -0.2) is 0 Å². The van der Waals surface area contributed by atoms with E-state index >= 15 is 0 Å². The number of alkyl halides is 3. The standard InChI is InChI=1S/C12H13F3O3/c1-7(16)8-3-4-9(12(13,14)15)11-10(8)17-5-2-6-18-11/h3-4,7,16H,2,5-6H2,1H3. The van der Waals surface area contributed by atoms with Gasteiger partial charge in [0.05, 0.1) is 19.3 Å². The number of hydrogen-bond acceptors (Lipinski definition) is 3. The fraction of sp³-hybridized carbons (Fsp3) is 0.500. The van der Waals surface area contributed by atoms with E-state index in [2.05, 4.69) is 0 Å². The first-order valence-corrected chi connectivity index (χ1v) is 5.59. The molecule has 1 N–H and O–H groups in total. The van der Waals surface area contributed by atoms with Gasteiger partial charge in [-0.2, -0.15) is 13.2 Å². The lowest BCUT2D eigenvalue weighted by molar-refractivity contribution is -0.139. The number of hydrogen-bond donors (Lipinski definition) is 1. The van der Waals surface area contributed by atoms with Crippen LogP contribution in [0.1, 0.15) is 30.6 Å². The molecule has 1 aliphatic heterocycles. The largest absolute Gasteiger partial charge is 0.489 e. The zero-order chi connectivity index (χ0) is 13.3. The molecule has 1 unspecified atom stereocenters. The van der Waals surface area contributed by atoms with Gasteiger partial charge in [-0.1, -0.05) is 6.07 Å². The Morgan fingerprint density at radius 2 is 1.78 bits per heavy atom. The third-order valence-electron chi connectivity index (χ3n) is 2.68. The second-order valence-corrected chi connectivity index (χ2v) is 4.08. The van der Waals surface area contributed by atoms with E-state index in [0.29, 0.717) is 12.0 Å². The van der Waals surface area contributed by atoms with E-state index in [1.54, 1.807) is 0 Å². The number of benzene rings is 1. The summed E-state index contributed by atoms with van der Waals surface area (Å²) in [5.74, 6) is -0.323. The van der Waals surface area contributed by atoms with Crippen LogP contribution in [0.3, 0.4) is 0 Å². The van der Waals surface area contributed by atoms with Gasteiger partial charge in [-0.05, 0) is 13.0 Å². The van der Waals surface area contributed by atoms with Gasteiger partial charge < -0.3 is 14.6 Å². The molecule has 0 saturated heterocycles. The van der Waals surface area contributed by atoms with Crippen LogP contribution in [0, 0.1) is 0 Å². The summed E-state index contributed by atoms with van der Waals surface area (Å²) < 4.78 is 49.0. The summed E-state index contributed by atoms with van der Waals surface area (Å²) in [6, 6.07) is 2.14. The summed E-state index contributed by atoms with van der Waals surface area (Å²) in [6.45, 7) is 1.91. The third kappa shape index (κ3) is 2.38. The molecule has 0 fully saturated rings. The molecule has 18 heavy (non-hydrogen) atoms. The molecule has 2 rings (SSSR count). The zero-order valence-corrected chi connectivity index (χ0v) is 9.75. The normalized spacial score (nSPS) is 17.2. The molecular formula is C12H13F3O3. The summed E-state index contributed by atoms with van der Waals surface area (Å²) in [6.07, 6.45) is -4.91. The maximum Gasteiger partial charge on any atom is 0.420 e. The van der Waals surface area contributed by atoms with Crippen LogP contribution in [0.2, 0.25) is 0 Å². The van der Waals surface area contributed by atoms with Gasteiger partial charge in [0.25, 0.3) is 0 Å². The first-order chi connectivity index (χ1) is 8.41. The van der Waals surface area contributed by atoms with Crippen molar-refractivity contribution in [2.75, 3.05) is 13.2 Å². The average Bonchev–Trinajstić information content (AvgIpc) is 2.50. The fourth-order valence-corrected chi connectivity index (χ4v) is 1.83. The Morgan fingerprint density at radius 3 is 2.33 bits per heavy atom. The predicted molar refractivity (Wildman–Crippen MR) is 57.7 cm³/mol. The molecular weight excluding hydrogens is 249 g/mol. The molecule has 0 aliphatic carbocycles. The summed E-state index contributed by atoms with van der Waals surface area (Å²) in [7, 11) is 0. The van der Waals surface area contributed by atoms with Crippen molar-refractivity contribution in [2.45, 2.75) is 25.6 Å². The minimum atomic E-state index is -4.50. The molecule has 3 nitrogen and oxygen atoms in total. The molecule has 0 spiro atoms. The molecule has 1 aromatic carbocycles. The topological polar surface area (TPSA) is 38.7 Å². The summed E-state index contributed by atoms with van der Waals surface area (Å²) in [5.41, 5.74) is -0.566. The minimum absolute atomic E-state index is 0.00248. The Labute approximate surface area is 102 Å². The van der Waals surface area contributed by atoms with Crippen molar-refractivity contribution in [3.05, 3.63) is 23.3 Å². The monoisotopic (exact) mass is 262 g/mol. The molecule has 0 amide bonds. The lowest BCUT2D eigenvalue weighted by atomic mass is 10.0. The van der Waals surface area contributed by atoms with Crippen molar-refractivity contribution in [2.24, 2.45) is 0 Å². The van der Waals surface area contributed by atoms with Crippen molar-refractivity contribution >= 4 is 0 Å². The molecule has 0 radical (unpaired) electrons. The fourth-order valence-electron chi connectivity index (χ4n) is 1.83. The number of rotatable bonds is 1. The quantitative estimate of drug-likeness (QED) is 0.845. The maximum atomic E-state index is 12.8. The van der Waals surface area contributed by atoms with Crippen molar-refractivity contribution in [3.8, 4) is 11.5 Å². The molecule has 6 heteroatoms. The number of fused-ring (bicyclic) bond motifs is 1. The highest BCUT2D eigenvalue weighted by atomic mass is 19.4. The van der Waals surface area contributed by atoms with Crippen molar-refractivity contribution in [1.82, 2.24) is 0 Å². The van der Waals surface area contributed by atoms with Crippen LogP contribution >= 0.6 is 0 Å². The first kappa shape index (κ1) is 13.0. The van der Waals surface area contributed by atoms with E-state index in [0.717, 1.165) is 6.07 Å². The van der Waals surface area contributed by atoms with Crippen LogP contribution in [0.5, 0.6) is 11.5 Å². The van der Waals surface area contributed by atoms with Crippen LogP contribution in [-0.2, 0) is 6.18 Å². The van der Waals surface area contributed by atoms with Gasteiger partial charge in [0, 0.05) is 12.0 Å². The number of ether oxygens (including phenoxy) is 2.